The Hall–Kier alpha value is -0.710. The van der Waals surface area contributed by atoms with E-state index in [1.54, 1.807) is 0 Å². The highest BCUT2D eigenvalue weighted by Gasteiger charge is 2.26. The Labute approximate surface area is 120 Å². The summed E-state index contributed by atoms with van der Waals surface area (Å²) in [7, 11) is 0. The highest BCUT2D eigenvalue weighted by molar-refractivity contribution is 6.29. The summed E-state index contributed by atoms with van der Waals surface area (Å²) in [6.45, 7) is 12.1. The summed E-state index contributed by atoms with van der Waals surface area (Å²) in [5, 5.41) is 0.493. The molecule has 4 nitrogen and oxygen atoms in total. The molecule has 0 amide bonds. The largest absolute Gasteiger partial charge is 0.368 e. The number of likely N-dealkylation sites (N-methyl/N-ethyl adjacent to an activating group) is 1. The fraction of sp³-hybridized carbons (Fsp3) is 0.714. The van der Waals surface area contributed by atoms with E-state index in [2.05, 4.69) is 42.6 Å². The van der Waals surface area contributed by atoms with Crippen molar-refractivity contribution in [3.05, 3.63) is 22.7 Å². The van der Waals surface area contributed by atoms with Crippen molar-refractivity contribution in [1.29, 1.82) is 0 Å². The van der Waals surface area contributed by atoms with Gasteiger partial charge in [-0.15, -0.1) is 0 Å². The Morgan fingerprint density at radius 1 is 1.42 bits per heavy atom. The molecule has 1 fully saturated rings. The third-order valence-corrected chi connectivity index (χ3v) is 3.56. The Balaban J connectivity index is 2.26. The summed E-state index contributed by atoms with van der Waals surface area (Å²) in [6.07, 6.45) is -0.0755. The van der Waals surface area contributed by atoms with Crippen LogP contribution in [0.5, 0.6) is 0 Å². The second-order valence-corrected chi connectivity index (χ2v) is 6.32. The monoisotopic (exact) mass is 283 g/mol. The maximum Gasteiger partial charge on any atom is 0.160 e. The Bertz CT molecular complexity index is 445. The number of rotatable bonds is 2. The quantitative estimate of drug-likeness (QED) is 0.783. The van der Waals surface area contributed by atoms with Crippen LogP contribution in [0.2, 0.25) is 5.15 Å². The lowest BCUT2D eigenvalue weighted by Gasteiger charge is -2.31. The number of ether oxygens (including phenoxy) is 1. The summed E-state index contributed by atoms with van der Waals surface area (Å²) in [5.41, 5.74) is 0.917. The molecule has 0 bridgehead atoms. The van der Waals surface area contributed by atoms with Crippen LogP contribution in [0, 0.1) is 0 Å². The van der Waals surface area contributed by atoms with Crippen molar-refractivity contribution in [2.75, 3.05) is 26.2 Å². The predicted octanol–water partition coefficient (Wildman–Crippen LogP) is 2.82. The predicted molar refractivity (Wildman–Crippen MR) is 76.5 cm³/mol. The lowest BCUT2D eigenvalue weighted by atomic mass is 9.92. The van der Waals surface area contributed by atoms with E-state index >= 15 is 0 Å². The Kier molecular flexibility index (Phi) is 4.43. The molecule has 1 aliphatic rings. The molecule has 0 radical (unpaired) electrons. The zero-order valence-corrected chi connectivity index (χ0v) is 12.9. The van der Waals surface area contributed by atoms with Crippen LogP contribution >= 0.6 is 11.6 Å². The zero-order chi connectivity index (χ0) is 14.0. The average Bonchev–Trinajstić information content (AvgIpc) is 2.37. The molecular formula is C14H22ClN3O. The average molecular weight is 284 g/mol. The van der Waals surface area contributed by atoms with Gasteiger partial charge in [-0.1, -0.05) is 39.3 Å². The molecule has 5 heteroatoms. The standard InChI is InChI=1S/C14H22ClN3O/c1-5-18-6-7-19-10(9-18)13-16-11(14(2,3)4)8-12(15)17-13/h8,10H,5-7,9H2,1-4H3. The van der Waals surface area contributed by atoms with Crippen LogP contribution in [-0.2, 0) is 10.2 Å². The van der Waals surface area contributed by atoms with Gasteiger partial charge in [-0.25, -0.2) is 9.97 Å². The molecule has 0 N–H and O–H groups in total. The van der Waals surface area contributed by atoms with E-state index in [4.69, 9.17) is 16.3 Å². The van der Waals surface area contributed by atoms with Gasteiger partial charge in [-0.2, -0.15) is 0 Å². The number of aromatic nitrogens is 2. The minimum absolute atomic E-state index is 0.0412. The van der Waals surface area contributed by atoms with Gasteiger partial charge in [0.25, 0.3) is 0 Å². The third-order valence-electron chi connectivity index (χ3n) is 3.37. The van der Waals surface area contributed by atoms with E-state index in [0.717, 1.165) is 31.9 Å². The van der Waals surface area contributed by atoms with Gasteiger partial charge in [0.15, 0.2) is 5.82 Å². The lowest BCUT2D eigenvalue weighted by molar-refractivity contribution is -0.0327. The van der Waals surface area contributed by atoms with Crippen molar-refractivity contribution >= 4 is 11.6 Å². The van der Waals surface area contributed by atoms with Crippen LogP contribution in [0.25, 0.3) is 0 Å². The number of hydrogen-bond donors (Lipinski definition) is 0. The second-order valence-electron chi connectivity index (χ2n) is 5.94. The van der Waals surface area contributed by atoms with E-state index in [-0.39, 0.29) is 11.5 Å². The Morgan fingerprint density at radius 3 is 2.79 bits per heavy atom. The zero-order valence-electron chi connectivity index (χ0n) is 12.1. The van der Waals surface area contributed by atoms with Crippen molar-refractivity contribution < 1.29 is 4.74 Å². The van der Waals surface area contributed by atoms with Gasteiger partial charge in [-0.3, -0.25) is 4.90 Å². The van der Waals surface area contributed by atoms with Crippen molar-refractivity contribution in [2.24, 2.45) is 0 Å². The summed E-state index contributed by atoms with van der Waals surface area (Å²) in [4.78, 5) is 11.3. The topological polar surface area (TPSA) is 38.2 Å². The molecule has 1 saturated heterocycles. The van der Waals surface area contributed by atoms with Crippen LogP contribution in [0.4, 0.5) is 0 Å². The van der Waals surface area contributed by atoms with Gasteiger partial charge in [0, 0.05) is 18.5 Å². The fourth-order valence-electron chi connectivity index (χ4n) is 2.11. The van der Waals surface area contributed by atoms with E-state index in [0.29, 0.717) is 11.0 Å². The van der Waals surface area contributed by atoms with Gasteiger partial charge in [0.05, 0.1) is 12.3 Å². The first-order valence-electron chi connectivity index (χ1n) is 6.79. The van der Waals surface area contributed by atoms with Crippen LogP contribution < -0.4 is 0 Å². The molecule has 1 unspecified atom stereocenters. The summed E-state index contributed by atoms with van der Waals surface area (Å²) in [5.74, 6) is 0.704. The molecule has 1 aromatic heterocycles. The maximum atomic E-state index is 6.13. The molecule has 2 rings (SSSR count). The fourth-order valence-corrected chi connectivity index (χ4v) is 2.30. The van der Waals surface area contributed by atoms with Gasteiger partial charge < -0.3 is 4.74 Å². The molecule has 0 spiro atoms. The van der Waals surface area contributed by atoms with Crippen molar-refractivity contribution in [3.63, 3.8) is 0 Å². The van der Waals surface area contributed by atoms with Crippen LogP contribution in [0.15, 0.2) is 6.07 Å². The van der Waals surface area contributed by atoms with Gasteiger partial charge in [0.2, 0.25) is 0 Å². The minimum atomic E-state index is -0.0755. The van der Waals surface area contributed by atoms with Crippen LogP contribution in [-0.4, -0.2) is 41.1 Å². The SMILES string of the molecule is CCN1CCOC(c2nc(Cl)cc(C(C)(C)C)n2)C1. The van der Waals surface area contributed by atoms with Crippen LogP contribution in [0.1, 0.15) is 45.3 Å². The maximum absolute atomic E-state index is 6.13. The molecule has 1 atom stereocenters. The van der Waals surface area contributed by atoms with Crippen molar-refractivity contribution in [3.8, 4) is 0 Å². The van der Waals surface area contributed by atoms with Gasteiger partial charge in [0.1, 0.15) is 11.3 Å². The minimum Gasteiger partial charge on any atom is -0.368 e. The second kappa shape index (κ2) is 5.73. The molecule has 0 aliphatic carbocycles. The van der Waals surface area contributed by atoms with Gasteiger partial charge in [-0.05, 0) is 12.6 Å². The Morgan fingerprint density at radius 2 is 2.16 bits per heavy atom. The summed E-state index contributed by atoms with van der Waals surface area (Å²) in [6, 6.07) is 1.84. The number of morpholine rings is 1. The number of hydrogen-bond acceptors (Lipinski definition) is 4. The number of nitrogens with zero attached hydrogens (tertiary/aromatic N) is 3. The van der Waals surface area contributed by atoms with E-state index in [1.165, 1.54) is 0 Å². The molecule has 2 heterocycles. The lowest BCUT2D eigenvalue weighted by Crippen LogP contribution is -2.38. The van der Waals surface area contributed by atoms with E-state index < -0.39 is 0 Å². The molecule has 1 aromatic rings. The molecule has 19 heavy (non-hydrogen) atoms. The van der Waals surface area contributed by atoms with Gasteiger partial charge >= 0.3 is 0 Å². The molecule has 0 saturated carbocycles. The number of halogens is 1. The van der Waals surface area contributed by atoms with E-state index in [1.807, 2.05) is 6.07 Å². The normalized spacial score (nSPS) is 21.6. The molecule has 1 aliphatic heterocycles. The van der Waals surface area contributed by atoms with Crippen LogP contribution in [0.3, 0.4) is 0 Å². The summed E-state index contributed by atoms with van der Waals surface area (Å²) >= 11 is 6.13. The van der Waals surface area contributed by atoms with E-state index in [9.17, 15) is 0 Å². The summed E-state index contributed by atoms with van der Waals surface area (Å²) < 4.78 is 5.79. The molecule has 0 aromatic carbocycles. The highest BCUT2D eigenvalue weighted by atomic mass is 35.5. The first-order chi connectivity index (χ1) is 8.90. The third kappa shape index (κ3) is 3.65. The first-order valence-corrected chi connectivity index (χ1v) is 7.17. The van der Waals surface area contributed by atoms with Crippen molar-refractivity contribution in [1.82, 2.24) is 14.9 Å². The molecule has 106 valence electrons. The molecular weight excluding hydrogens is 262 g/mol. The van der Waals surface area contributed by atoms with Crippen molar-refractivity contribution in [2.45, 2.75) is 39.2 Å². The first kappa shape index (κ1) is 14.7. The highest BCUT2D eigenvalue weighted by Crippen LogP contribution is 2.26. The smallest absolute Gasteiger partial charge is 0.160 e.